The van der Waals surface area contributed by atoms with E-state index in [2.05, 4.69) is 22.1 Å². The maximum Gasteiger partial charge on any atom is 0.223 e. The summed E-state index contributed by atoms with van der Waals surface area (Å²) in [5.74, 6) is 0.203. The summed E-state index contributed by atoms with van der Waals surface area (Å²) < 4.78 is 8.04. The van der Waals surface area contributed by atoms with Crippen molar-refractivity contribution in [3.8, 4) is 0 Å². The Morgan fingerprint density at radius 3 is 2.66 bits per heavy atom. The van der Waals surface area contributed by atoms with Crippen molar-refractivity contribution < 1.29 is 9.53 Å². The van der Waals surface area contributed by atoms with Gasteiger partial charge in [0.25, 0.3) is 0 Å². The lowest BCUT2D eigenvalue weighted by atomic mass is 9.98. The first-order chi connectivity index (χ1) is 14.2. The molecule has 2 aliphatic heterocycles. The van der Waals surface area contributed by atoms with Gasteiger partial charge in [-0.2, -0.15) is 5.10 Å². The molecule has 3 heterocycles. The molecule has 1 aromatic heterocycles. The zero-order valence-corrected chi connectivity index (χ0v) is 17.4. The van der Waals surface area contributed by atoms with Crippen molar-refractivity contribution in [2.24, 2.45) is 7.05 Å². The first-order valence-corrected chi connectivity index (χ1v) is 10.9. The summed E-state index contributed by atoms with van der Waals surface area (Å²) in [5.41, 5.74) is 2.28. The second-order valence-electron chi connectivity index (χ2n) is 8.24. The van der Waals surface area contributed by atoms with E-state index in [1.807, 2.05) is 47.2 Å². The Hall–Kier alpha value is -2.18. The van der Waals surface area contributed by atoms with Gasteiger partial charge < -0.3 is 14.5 Å². The molecule has 156 valence electrons. The molecule has 1 aromatic carbocycles. The van der Waals surface area contributed by atoms with Gasteiger partial charge in [-0.05, 0) is 37.9 Å². The summed E-state index contributed by atoms with van der Waals surface area (Å²) in [5, 5.41) is 4.37. The van der Waals surface area contributed by atoms with Crippen LogP contribution in [0.15, 0.2) is 42.7 Å². The third-order valence-corrected chi connectivity index (χ3v) is 6.10. The van der Waals surface area contributed by atoms with Crippen LogP contribution in [-0.2, 0) is 23.0 Å². The van der Waals surface area contributed by atoms with E-state index >= 15 is 0 Å². The molecule has 2 aromatic rings. The van der Waals surface area contributed by atoms with Crippen LogP contribution in [0.1, 0.15) is 42.9 Å². The summed E-state index contributed by atoms with van der Waals surface area (Å²) in [7, 11) is 1.92. The Kier molecular flexibility index (Phi) is 6.62. The number of likely N-dealkylation sites (tertiary alicyclic amines) is 1. The smallest absolute Gasteiger partial charge is 0.223 e. The Balaban J connectivity index is 1.49. The van der Waals surface area contributed by atoms with Crippen LogP contribution in [0.2, 0.25) is 0 Å². The zero-order chi connectivity index (χ0) is 20.1. The molecule has 2 fully saturated rings. The molecule has 0 N–H and O–H groups in total. The van der Waals surface area contributed by atoms with Crippen LogP contribution in [0.3, 0.4) is 0 Å². The Morgan fingerprint density at radius 1 is 1.14 bits per heavy atom. The highest BCUT2D eigenvalue weighted by molar-refractivity contribution is 5.77. The molecule has 0 bridgehead atoms. The highest BCUT2D eigenvalue weighted by Gasteiger charge is 2.37. The molecular formula is C23H32N4O2. The topological polar surface area (TPSA) is 50.6 Å². The lowest BCUT2D eigenvalue weighted by Gasteiger charge is -2.43. The SMILES string of the molecule is Cn1cc([C@H]2[C@H](CN3CCCCC3)OCCN2C(=O)CCc2ccccc2)cn1. The van der Waals surface area contributed by atoms with Crippen molar-refractivity contribution in [1.82, 2.24) is 19.6 Å². The van der Waals surface area contributed by atoms with E-state index in [1.54, 1.807) is 0 Å². The molecule has 1 amide bonds. The van der Waals surface area contributed by atoms with Crippen LogP contribution < -0.4 is 0 Å². The third kappa shape index (κ3) is 5.06. The lowest BCUT2D eigenvalue weighted by Crippen LogP contribution is -2.52. The van der Waals surface area contributed by atoms with Crippen molar-refractivity contribution in [1.29, 1.82) is 0 Å². The summed E-state index contributed by atoms with van der Waals surface area (Å²) in [6.07, 6.45) is 9.03. The number of amides is 1. The van der Waals surface area contributed by atoms with Gasteiger partial charge in [0.2, 0.25) is 5.91 Å². The summed E-state index contributed by atoms with van der Waals surface area (Å²) >= 11 is 0. The number of morpholine rings is 1. The molecule has 0 radical (unpaired) electrons. The molecule has 6 nitrogen and oxygen atoms in total. The second-order valence-corrected chi connectivity index (χ2v) is 8.24. The van der Waals surface area contributed by atoms with Crippen LogP contribution in [0.25, 0.3) is 0 Å². The Morgan fingerprint density at radius 2 is 1.93 bits per heavy atom. The molecule has 0 spiro atoms. The maximum atomic E-state index is 13.2. The van der Waals surface area contributed by atoms with Crippen LogP contribution in [-0.4, -0.2) is 64.4 Å². The van der Waals surface area contributed by atoms with Crippen LogP contribution in [0.4, 0.5) is 0 Å². The molecule has 0 aliphatic carbocycles. The normalized spacial score (nSPS) is 23.3. The van der Waals surface area contributed by atoms with Crippen molar-refractivity contribution in [3.63, 3.8) is 0 Å². The maximum absolute atomic E-state index is 13.2. The molecule has 4 rings (SSSR count). The fourth-order valence-electron chi connectivity index (χ4n) is 4.59. The molecule has 29 heavy (non-hydrogen) atoms. The average molecular weight is 397 g/mol. The van der Waals surface area contributed by atoms with Gasteiger partial charge in [0.05, 0.1) is 24.9 Å². The number of aromatic nitrogens is 2. The van der Waals surface area contributed by atoms with Crippen LogP contribution in [0.5, 0.6) is 0 Å². The number of hydrogen-bond acceptors (Lipinski definition) is 4. The molecule has 0 unspecified atom stereocenters. The molecular weight excluding hydrogens is 364 g/mol. The van der Waals surface area contributed by atoms with Crippen LogP contribution in [0, 0.1) is 0 Å². The first kappa shape index (κ1) is 20.1. The van der Waals surface area contributed by atoms with Gasteiger partial charge in [0, 0.05) is 38.3 Å². The lowest BCUT2D eigenvalue weighted by molar-refractivity contribution is -0.148. The van der Waals surface area contributed by atoms with E-state index in [9.17, 15) is 4.79 Å². The minimum atomic E-state index is -0.0670. The minimum absolute atomic E-state index is 0.00766. The number of aryl methyl sites for hydroxylation is 2. The van der Waals surface area contributed by atoms with Crippen molar-refractivity contribution in [3.05, 3.63) is 53.9 Å². The van der Waals surface area contributed by atoms with E-state index < -0.39 is 0 Å². The summed E-state index contributed by atoms with van der Waals surface area (Å²) in [4.78, 5) is 17.8. The van der Waals surface area contributed by atoms with Gasteiger partial charge in [-0.25, -0.2) is 0 Å². The monoisotopic (exact) mass is 396 g/mol. The van der Waals surface area contributed by atoms with E-state index in [-0.39, 0.29) is 18.1 Å². The predicted octanol–water partition coefficient (Wildman–Crippen LogP) is 2.81. The molecule has 2 saturated heterocycles. The van der Waals surface area contributed by atoms with E-state index in [1.165, 1.54) is 24.8 Å². The van der Waals surface area contributed by atoms with E-state index in [0.717, 1.165) is 31.6 Å². The number of carbonyl (C=O) groups excluding carboxylic acids is 1. The van der Waals surface area contributed by atoms with Crippen LogP contribution >= 0.6 is 0 Å². The summed E-state index contributed by atoms with van der Waals surface area (Å²) in [6, 6.07) is 10.2. The van der Waals surface area contributed by atoms with E-state index in [4.69, 9.17) is 4.74 Å². The van der Waals surface area contributed by atoms with Crippen molar-refractivity contribution in [2.75, 3.05) is 32.8 Å². The fraction of sp³-hybridized carbons (Fsp3) is 0.565. The number of carbonyl (C=O) groups is 1. The molecule has 0 saturated carbocycles. The second kappa shape index (κ2) is 9.55. The van der Waals surface area contributed by atoms with Gasteiger partial charge >= 0.3 is 0 Å². The number of hydrogen-bond donors (Lipinski definition) is 0. The number of rotatable bonds is 6. The van der Waals surface area contributed by atoms with Crippen molar-refractivity contribution in [2.45, 2.75) is 44.2 Å². The predicted molar refractivity (Wildman–Crippen MR) is 112 cm³/mol. The largest absolute Gasteiger partial charge is 0.373 e. The molecule has 2 aliphatic rings. The zero-order valence-electron chi connectivity index (χ0n) is 17.4. The fourth-order valence-corrected chi connectivity index (χ4v) is 4.59. The van der Waals surface area contributed by atoms with Crippen molar-refractivity contribution >= 4 is 5.91 Å². The average Bonchev–Trinajstić information content (AvgIpc) is 3.19. The minimum Gasteiger partial charge on any atom is -0.373 e. The Bertz CT molecular complexity index is 785. The molecule has 2 atom stereocenters. The van der Waals surface area contributed by atoms with Gasteiger partial charge in [-0.3, -0.25) is 9.48 Å². The number of nitrogens with zero attached hydrogens (tertiary/aromatic N) is 4. The van der Waals surface area contributed by atoms with Gasteiger partial charge in [0.15, 0.2) is 0 Å². The highest BCUT2D eigenvalue weighted by atomic mass is 16.5. The quantitative estimate of drug-likeness (QED) is 0.753. The first-order valence-electron chi connectivity index (χ1n) is 10.9. The number of ether oxygens (including phenoxy) is 1. The molecule has 6 heteroatoms. The standard InChI is InChI=1S/C23H32N4O2/c1-25-17-20(16-24-25)23-21(18-26-12-6-3-7-13-26)29-15-14-27(23)22(28)11-10-19-8-4-2-5-9-19/h2,4-5,8-9,16-17,21,23H,3,6-7,10-15,18H2,1H3/t21-,23-/m0/s1. The Labute approximate surface area is 173 Å². The highest BCUT2D eigenvalue weighted by Crippen LogP contribution is 2.31. The van der Waals surface area contributed by atoms with Gasteiger partial charge in [0.1, 0.15) is 0 Å². The van der Waals surface area contributed by atoms with Gasteiger partial charge in [-0.1, -0.05) is 36.8 Å². The summed E-state index contributed by atoms with van der Waals surface area (Å²) in [6.45, 7) is 4.38. The third-order valence-electron chi connectivity index (χ3n) is 6.10. The van der Waals surface area contributed by atoms with Gasteiger partial charge in [-0.15, -0.1) is 0 Å². The van der Waals surface area contributed by atoms with E-state index in [0.29, 0.717) is 19.6 Å². The number of benzene rings is 1. The number of piperidine rings is 1.